The number of carboxylic acids is 1. The monoisotopic (exact) mass is 619 g/mol. The summed E-state index contributed by atoms with van der Waals surface area (Å²) < 4.78 is 107. The van der Waals surface area contributed by atoms with Crippen LogP contribution in [0.5, 0.6) is 0 Å². The van der Waals surface area contributed by atoms with Crippen molar-refractivity contribution in [2.45, 2.75) is 54.4 Å². The number of alkyl halides is 6. The maximum atomic E-state index is 13.3. The van der Waals surface area contributed by atoms with Gasteiger partial charge in [0.25, 0.3) is 0 Å². The van der Waals surface area contributed by atoms with Crippen molar-refractivity contribution in [2.24, 2.45) is 0 Å². The highest BCUT2D eigenvalue weighted by atomic mass is 32.2. The fraction of sp³-hybridized carbons (Fsp3) is 0.348. The number of aromatic nitrogens is 5. The fourth-order valence-corrected chi connectivity index (χ4v) is 6.69. The Bertz CT molecular complexity index is 1780. The molecule has 3 aliphatic rings. The van der Waals surface area contributed by atoms with E-state index in [2.05, 4.69) is 24.8 Å². The first kappa shape index (κ1) is 29.2. The van der Waals surface area contributed by atoms with Crippen LogP contribution in [0.3, 0.4) is 0 Å². The number of hydrogen-bond acceptors (Lipinski definition) is 9. The summed E-state index contributed by atoms with van der Waals surface area (Å²) in [5, 5.41) is 10.7. The Morgan fingerprint density at radius 3 is 2.33 bits per heavy atom. The number of halogens is 6. The molecule has 3 aliphatic carbocycles. The highest BCUT2D eigenvalue weighted by Crippen LogP contribution is 2.67. The summed E-state index contributed by atoms with van der Waals surface area (Å²) in [7, 11) is -3.92. The van der Waals surface area contributed by atoms with Crippen LogP contribution in [0.4, 0.5) is 32.2 Å². The molecular weight excluding hydrogens is 600 g/mol. The van der Waals surface area contributed by atoms with Crippen LogP contribution in [0, 0.1) is 6.92 Å². The molecule has 19 heteroatoms. The Balaban J connectivity index is 0.000000451. The van der Waals surface area contributed by atoms with Crippen LogP contribution in [-0.4, -0.2) is 55.7 Å². The molecule has 42 heavy (non-hydrogen) atoms. The Morgan fingerprint density at radius 2 is 1.79 bits per heavy atom. The third-order valence-corrected chi connectivity index (χ3v) is 8.62. The number of benzene rings is 1. The van der Waals surface area contributed by atoms with E-state index in [1.165, 1.54) is 29.1 Å². The number of rotatable bonds is 5. The van der Waals surface area contributed by atoms with E-state index in [-0.39, 0.29) is 27.5 Å². The first-order chi connectivity index (χ1) is 19.4. The number of imidazole rings is 1. The van der Waals surface area contributed by atoms with Gasteiger partial charge in [-0.3, -0.25) is 4.40 Å². The van der Waals surface area contributed by atoms with Crippen molar-refractivity contribution in [3.05, 3.63) is 54.1 Å². The Labute approximate surface area is 231 Å². The van der Waals surface area contributed by atoms with Gasteiger partial charge in [0.2, 0.25) is 15.9 Å². The number of nitrogens with two attached hydrogens (primary N) is 1. The zero-order valence-electron chi connectivity index (χ0n) is 21.2. The van der Waals surface area contributed by atoms with E-state index in [9.17, 15) is 34.8 Å². The van der Waals surface area contributed by atoms with Crippen LogP contribution in [0.15, 0.2) is 46.3 Å². The predicted molar refractivity (Wildman–Crippen MR) is 129 cm³/mol. The van der Waals surface area contributed by atoms with Crippen molar-refractivity contribution in [3.63, 3.8) is 0 Å². The highest BCUT2D eigenvalue weighted by Gasteiger charge is 2.72. The topological polar surface area (TPSA) is 179 Å². The van der Waals surface area contributed by atoms with Crippen molar-refractivity contribution in [2.75, 3.05) is 5.73 Å². The molecule has 3 saturated carbocycles. The molecule has 0 atom stereocenters. The van der Waals surface area contributed by atoms with Crippen LogP contribution < -0.4 is 10.5 Å². The lowest BCUT2D eigenvalue weighted by Crippen LogP contribution is -2.76. The minimum Gasteiger partial charge on any atom is -0.475 e. The van der Waals surface area contributed by atoms with E-state index in [1.54, 1.807) is 13.0 Å². The lowest BCUT2D eigenvalue weighted by molar-refractivity contribution is -0.192. The van der Waals surface area contributed by atoms with Gasteiger partial charge in [0.05, 0.1) is 22.2 Å². The van der Waals surface area contributed by atoms with Crippen molar-refractivity contribution >= 4 is 27.5 Å². The number of fused-ring (bicyclic) bond motifs is 1. The molecule has 0 spiro atoms. The quantitative estimate of drug-likeness (QED) is 0.280. The lowest BCUT2D eigenvalue weighted by atomic mass is 9.40. The number of hydrogen-bond donors (Lipinski definition) is 3. The summed E-state index contributed by atoms with van der Waals surface area (Å²) in [6.07, 6.45) is -4.67. The molecule has 3 aromatic heterocycles. The summed E-state index contributed by atoms with van der Waals surface area (Å²) >= 11 is 0. The second-order valence-electron chi connectivity index (χ2n) is 10.1. The smallest absolute Gasteiger partial charge is 0.475 e. The summed E-state index contributed by atoms with van der Waals surface area (Å²) in [5.41, 5.74) is 5.02. The second-order valence-corrected chi connectivity index (χ2v) is 11.8. The van der Waals surface area contributed by atoms with Gasteiger partial charge in [-0.05, 0) is 43.9 Å². The first-order valence-corrected chi connectivity index (χ1v) is 13.3. The molecule has 7 rings (SSSR count). The normalized spacial score (nSPS) is 21.7. The van der Waals surface area contributed by atoms with Crippen molar-refractivity contribution in [3.8, 4) is 11.3 Å². The molecule has 3 heterocycles. The molecule has 3 fully saturated rings. The molecule has 0 aliphatic heterocycles. The molecule has 0 radical (unpaired) electrons. The van der Waals surface area contributed by atoms with Crippen molar-refractivity contribution < 1.29 is 49.2 Å². The largest absolute Gasteiger partial charge is 0.490 e. The molecular formula is C23H19F6N7O5S. The van der Waals surface area contributed by atoms with Gasteiger partial charge in [-0.25, -0.2) is 27.9 Å². The molecule has 1 aromatic carbocycles. The molecule has 12 nitrogen and oxygen atoms in total. The Hall–Kier alpha value is -4.26. The Morgan fingerprint density at radius 1 is 1.14 bits per heavy atom. The molecule has 0 saturated heterocycles. The van der Waals surface area contributed by atoms with Gasteiger partial charge >= 0.3 is 18.3 Å². The number of carbonyl (C=O) groups is 1. The SMILES string of the molecule is Cc1ccc(S(=O)(=O)NC23CC(c4ncno4)(C2)C3)cc1-c1cnc2c(N)nc(C(F)(F)F)cn12.O=C(O)C(F)(F)F. The van der Waals surface area contributed by atoms with Gasteiger partial charge in [0.1, 0.15) is 0 Å². The fourth-order valence-electron chi connectivity index (χ4n) is 5.27. The maximum absolute atomic E-state index is 13.3. The number of aliphatic carboxylic acids is 1. The van der Waals surface area contributed by atoms with E-state index in [4.69, 9.17) is 20.2 Å². The Kier molecular flexibility index (Phi) is 6.53. The number of sulfonamides is 1. The van der Waals surface area contributed by atoms with Crippen molar-refractivity contribution in [1.82, 2.24) is 29.2 Å². The van der Waals surface area contributed by atoms with Crippen LogP contribution in [0.2, 0.25) is 0 Å². The maximum Gasteiger partial charge on any atom is 0.490 e. The number of anilines is 1. The van der Waals surface area contributed by atoms with Crippen LogP contribution in [-0.2, 0) is 26.4 Å². The third-order valence-electron chi connectivity index (χ3n) is 7.04. The van der Waals surface area contributed by atoms with Gasteiger partial charge in [0, 0.05) is 17.3 Å². The summed E-state index contributed by atoms with van der Waals surface area (Å²) in [6.45, 7) is 1.73. The molecule has 0 amide bonds. The molecule has 2 bridgehead atoms. The van der Waals surface area contributed by atoms with Crippen LogP contribution in [0.1, 0.15) is 36.4 Å². The van der Waals surface area contributed by atoms with Crippen molar-refractivity contribution in [1.29, 1.82) is 0 Å². The zero-order chi connectivity index (χ0) is 30.9. The minimum absolute atomic E-state index is 0.0114. The predicted octanol–water partition coefficient (Wildman–Crippen LogP) is 3.47. The van der Waals surface area contributed by atoms with Gasteiger partial charge < -0.3 is 15.4 Å². The van der Waals surface area contributed by atoms with Gasteiger partial charge in [-0.15, -0.1) is 0 Å². The van der Waals surface area contributed by atoms with Gasteiger partial charge in [-0.1, -0.05) is 11.2 Å². The van der Waals surface area contributed by atoms with E-state index in [1.807, 2.05) is 0 Å². The van der Waals surface area contributed by atoms with E-state index in [0.29, 0.717) is 36.3 Å². The molecule has 4 N–H and O–H groups in total. The molecule has 224 valence electrons. The number of nitrogens with one attached hydrogen (secondary N) is 1. The lowest BCUT2D eigenvalue weighted by Gasteiger charge is -2.68. The first-order valence-electron chi connectivity index (χ1n) is 11.8. The average molecular weight is 620 g/mol. The van der Waals surface area contributed by atoms with Crippen LogP contribution in [0.25, 0.3) is 16.9 Å². The zero-order valence-corrected chi connectivity index (χ0v) is 22.0. The highest BCUT2D eigenvalue weighted by molar-refractivity contribution is 7.89. The van der Waals surface area contributed by atoms with E-state index >= 15 is 0 Å². The average Bonchev–Trinajstić information content (AvgIpc) is 3.50. The molecule has 0 unspecified atom stereocenters. The van der Waals surface area contributed by atoms with Crippen LogP contribution >= 0.6 is 0 Å². The minimum atomic E-state index is -5.08. The molecule has 4 aromatic rings. The summed E-state index contributed by atoms with van der Waals surface area (Å²) in [6, 6.07) is 4.48. The van der Waals surface area contributed by atoms with Gasteiger partial charge in [-0.2, -0.15) is 31.3 Å². The third kappa shape index (κ3) is 5.02. The second kappa shape index (κ2) is 9.38. The van der Waals surface area contributed by atoms with Gasteiger partial charge in [0.15, 0.2) is 23.5 Å². The summed E-state index contributed by atoms with van der Waals surface area (Å²) in [5.74, 6) is -2.63. The summed E-state index contributed by atoms with van der Waals surface area (Å²) in [4.78, 5) is 20.5. The standard InChI is InChI=1S/C21H18F3N7O3S.C2HF3O2/c1-11-2-3-12(35(32,33)30-20-7-19(8-20,9-20)18-27-10-28-34-18)4-13(11)14-5-26-17-16(25)29-15(6-31(14)17)21(22,23)24;3-2(4,5)1(6)7/h2-6,10,30H,7-9H2,1H3,(H2,25,29);(H,6,7). The number of nitrogen functional groups attached to an aromatic ring is 1. The number of nitrogens with zero attached hydrogens (tertiary/aromatic N) is 5. The van der Waals surface area contributed by atoms with E-state index < -0.39 is 39.6 Å². The van der Waals surface area contributed by atoms with E-state index in [0.717, 1.165) is 6.20 Å². The number of aryl methyl sites for hydroxylation is 1. The number of carboxylic acid groups (broad SMARTS) is 1.